The Hall–Kier alpha value is -4.62. The number of carbonyl (C=O) groups is 3. The Morgan fingerprint density at radius 2 is 1.56 bits per heavy atom. The van der Waals surface area contributed by atoms with E-state index < -0.39 is 12.0 Å². The normalized spacial score (nSPS) is 13.4. The van der Waals surface area contributed by atoms with Gasteiger partial charge in [-0.1, -0.05) is 72.6 Å². The van der Waals surface area contributed by atoms with Crippen LogP contribution >= 0.6 is 11.6 Å². The topological polar surface area (TPSA) is 95.9 Å². The van der Waals surface area contributed by atoms with Crippen LogP contribution in [0, 0.1) is 5.92 Å². The van der Waals surface area contributed by atoms with E-state index in [-0.39, 0.29) is 24.0 Å². The first-order chi connectivity index (χ1) is 20.9. The summed E-state index contributed by atoms with van der Waals surface area (Å²) in [5.41, 5.74) is 2.99. The number of halogens is 1. The van der Waals surface area contributed by atoms with Crippen LogP contribution in [-0.4, -0.2) is 42.0 Å². The number of carbonyl (C=O) groups excluding carboxylic acids is 2. The van der Waals surface area contributed by atoms with Gasteiger partial charge in [-0.2, -0.15) is 0 Å². The summed E-state index contributed by atoms with van der Waals surface area (Å²) < 4.78 is 5.96. The number of amides is 1. The maximum absolute atomic E-state index is 13.1. The summed E-state index contributed by atoms with van der Waals surface area (Å²) in [6.45, 7) is 0.691. The lowest BCUT2D eigenvalue weighted by atomic mass is 9.84. The molecule has 1 aliphatic rings. The van der Waals surface area contributed by atoms with Crippen molar-refractivity contribution in [3.8, 4) is 5.75 Å². The van der Waals surface area contributed by atoms with Crippen molar-refractivity contribution in [3.05, 3.63) is 125 Å². The molecule has 1 fully saturated rings. The van der Waals surface area contributed by atoms with E-state index in [9.17, 15) is 19.5 Å². The largest absolute Gasteiger partial charge is 0.492 e. The molecule has 7 nitrogen and oxygen atoms in total. The van der Waals surface area contributed by atoms with Gasteiger partial charge in [-0.05, 0) is 66.9 Å². The number of carboxylic acid groups (broad SMARTS) is 1. The van der Waals surface area contributed by atoms with Crippen molar-refractivity contribution in [2.45, 2.75) is 31.7 Å². The van der Waals surface area contributed by atoms with Crippen LogP contribution in [0.3, 0.4) is 0 Å². The minimum absolute atomic E-state index is 0.0502. The van der Waals surface area contributed by atoms with Crippen LogP contribution in [0.15, 0.2) is 103 Å². The van der Waals surface area contributed by atoms with Crippen molar-refractivity contribution < 1.29 is 24.2 Å². The summed E-state index contributed by atoms with van der Waals surface area (Å²) in [4.78, 5) is 40.1. The Morgan fingerprint density at radius 3 is 2.21 bits per heavy atom. The number of benzene rings is 4. The SMILES string of the molecule is O=C(c1ccccc1)c1ccccc1N[C@@H](Cc1ccc(OCCN(C(=O)C2CCC2)c2ccc(Cl)cc2)cc1)C(=O)O. The van der Waals surface area contributed by atoms with Crippen molar-refractivity contribution in [3.63, 3.8) is 0 Å². The number of carboxylic acids is 1. The maximum Gasteiger partial charge on any atom is 0.326 e. The lowest BCUT2D eigenvalue weighted by Crippen LogP contribution is -2.41. The zero-order valence-corrected chi connectivity index (χ0v) is 24.4. The Kier molecular flexibility index (Phi) is 9.74. The van der Waals surface area contributed by atoms with E-state index in [2.05, 4.69) is 5.32 Å². The van der Waals surface area contributed by atoms with Crippen LogP contribution in [0.5, 0.6) is 5.75 Å². The standard InChI is InChI=1S/C35H33ClN2O5/c36-27-15-17-28(18-16-27)38(34(40)26-9-6-10-26)21-22-43-29-19-13-24(14-20-29)23-32(35(41)42)37-31-12-5-4-11-30(31)33(39)25-7-2-1-3-8-25/h1-5,7-8,11-20,26,32,37H,6,9-10,21-23H2,(H,41,42)/t32-/m0/s1. The zero-order chi connectivity index (χ0) is 30.2. The summed E-state index contributed by atoms with van der Waals surface area (Å²) in [5.74, 6) is -0.436. The lowest BCUT2D eigenvalue weighted by Gasteiger charge is -2.31. The van der Waals surface area contributed by atoms with Crippen LogP contribution in [0.25, 0.3) is 0 Å². The molecule has 220 valence electrons. The highest BCUT2D eigenvalue weighted by Gasteiger charge is 2.30. The zero-order valence-electron chi connectivity index (χ0n) is 23.6. The first-order valence-electron chi connectivity index (χ1n) is 14.4. The van der Waals surface area contributed by atoms with Crippen LogP contribution in [0.2, 0.25) is 5.02 Å². The fourth-order valence-corrected chi connectivity index (χ4v) is 5.14. The van der Waals surface area contributed by atoms with Gasteiger partial charge in [0.25, 0.3) is 0 Å². The molecule has 0 spiro atoms. The number of hydrogen-bond acceptors (Lipinski definition) is 5. The van der Waals surface area contributed by atoms with Crippen LogP contribution in [0.4, 0.5) is 11.4 Å². The molecule has 1 amide bonds. The molecule has 5 rings (SSSR count). The molecule has 0 bridgehead atoms. The first kappa shape index (κ1) is 29.9. The van der Waals surface area contributed by atoms with Gasteiger partial charge in [0.1, 0.15) is 18.4 Å². The maximum atomic E-state index is 13.1. The van der Waals surface area contributed by atoms with Gasteiger partial charge < -0.3 is 20.1 Å². The van der Waals surface area contributed by atoms with Crippen LogP contribution in [0.1, 0.15) is 40.7 Å². The molecular formula is C35H33ClN2O5. The third kappa shape index (κ3) is 7.62. The van der Waals surface area contributed by atoms with Gasteiger partial charge >= 0.3 is 5.97 Å². The molecule has 0 unspecified atom stereocenters. The number of ketones is 1. The molecule has 0 aliphatic heterocycles. The van der Waals surface area contributed by atoms with Gasteiger partial charge in [0.15, 0.2) is 5.78 Å². The molecule has 8 heteroatoms. The van der Waals surface area contributed by atoms with Gasteiger partial charge in [-0.25, -0.2) is 4.79 Å². The Bertz CT molecular complexity index is 1550. The molecule has 1 saturated carbocycles. The van der Waals surface area contributed by atoms with Gasteiger partial charge in [0.2, 0.25) is 5.91 Å². The minimum atomic E-state index is -1.03. The molecule has 0 aromatic heterocycles. The van der Waals surface area contributed by atoms with E-state index in [0.29, 0.717) is 40.7 Å². The van der Waals surface area contributed by atoms with Gasteiger partial charge in [0, 0.05) is 39.9 Å². The quantitative estimate of drug-likeness (QED) is 0.163. The van der Waals surface area contributed by atoms with E-state index in [1.54, 1.807) is 77.7 Å². The molecule has 4 aromatic carbocycles. The summed E-state index contributed by atoms with van der Waals surface area (Å²) in [5, 5.41) is 13.6. The van der Waals surface area contributed by atoms with E-state index in [1.807, 2.05) is 30.3 Å². The Balaban J connectivity index is 1.21. The molecule has 4 aromatic rings. The fraction of sp³-hybridized carbons (Fsp3) is 0.229. The number of hydrogen-bond donors (Lipinski definition) is 2. The number of anilines is 2. The number of rotatable bonds is 13. The number of nitrogens with zero attached hydrogens (tertiary/aromatic N) is 1. The molecule has 0 radical (unpaired) electrons. The van der Waals surface area contributed by atoms with Gasteiger partial charge in [-0.3, -0.25) is 9.59 Å². The lowest BCUT2D eigenvalue weighted by molar-refractivity contribution is -0.137. The van der Waals surface area contributed by atoms with Crippen molar-refractivity contribution in [1.82, 2.24) is 0 Å². The summed E-state index contributed by atoms with van der Waals surface area (Å²) in [7, 11) is 0. The minimum Gasteiger partial charge on any atom is -0.492 e. The Labute approximate surface area is 256 Å². The molecular weight excluding hydrogens is 564 g/mol. The second-order valence-electron chi connectivity index (χ2n) is 10.6. The average Bonchev–Trinajstić information content (AvgIpc) is 3.00. The summed E-state index contributed by atoms with van der Waals surface area (Å²) >= 11 is 6.05. The molecule has 1 aliphatic carbocycles. The predicted octanol–water partition coefficient (Wildman–Crippen LogP) is 6.89. The first-order valence-corrected chi connectivity index (χ1v) is 14.7. The van der Waals surface area contributed by atoms with Crippen molar-refractivity contribution >= 4 is 40.6 Å². The van der Waals surface area contributed by atoms with Crippen molar-refractivity contribution in [1.29, 1.82) is 0 Å². The number of nitrogens with one attached hydrogen (secondary N) is 1. The second kappa shape index (κ2) is 14.0. The van der Waals surface area contributed by atoms with E-state index in [1.165, 1.54) is 0 Å². The average molecular weight is 597 g/mol. The third-order valence-electron chi connectivity index (χ3n) is 7.64. The monoisotopic (exact) mass is 596 g/mol. The predicted molar refractivity (Wildman–Crippen MR) is 168 cm³/mol. The Morgan fingerprint density at radius 1 is 0.884 bits per heavy atom. The van der Waals surface area contributed by atoms with E-state index in [4.69, 9.17) is 16.3 Å². The van der Waals surface area contributed by atoms with Gasteiger partial charge in [0.05, 0.1) is 6.54 Å². The highest BCUT2D eigenvalue weighted by molar-refractivity contribution is 6.30. The smallest absolute Gasteiger partial charge is 0.326 e. The summed E-state index contributed by atoms with van der Waals surface area (Å²) in [6, 6.07) is 29.3. The van der Waals surface area contributed by atoms with Crippen LogP contribution < -0.4 is 15.0 Å². The fourth-order valence-electron chi connectivity index (χ4n) is 5.02. The van der Waals surface area contributed by atoms with Crippen molar-refractivity contribution in [2.75, 3.05) is 23.4 Å². The molecule has 0 saturated heterocycles. The second-order valence-corrected chi connectivity index (χ2v) is 11.0. The number of aliphatic carboxylic acids is 1. The van der Waals surface area contributed by atoms with Crippen molar-refractivity contribution in [2.24, 2.45) is 5.92 Å². The molecule has 1 atom stereocenters. The van der Waals surface area contributed by atoms with Crippen LogP contribution in [-0.2, 0) is 16.0 Å². The van der Waals surface area contributed by atoms with Gasteiger partial charge in [-0.15, -0.1) is 0 Å². The highest BCUT2D eigenvalue weighted by atomic mass is 35.5. The van der Waals surface area contributed by atoms with E-state index >= 15 is 0 Å². The van der Waals surface area contributed by atoms with E-state index in [0.717, 1.165) is 30.5 Å². The molecule has 2 N–H and O–H groups in total. The molecule has 43 heavy (non-hydrogen) atoms. The third-order valence-corrected chi connectivity index (χ3v) is 7.89. The number of ether oxygens (including phenoxy) is 1. The summed E-state index contributed by atoms with van der Waals surface area (Å²) in [6.07, 6.45) is 3.09. The highest BCUT2D eigenvalue weighted by Crippen LogP contribution is 2.31. The number of para-hydroxylation sites is 1. The molecule has 0 heterocycles.